The molecule has 3 rings (SSSR count). The standard InChI is InChI=1S/C22H29ClN6O3S/c1-4-12-33-22-27-19(24-9-11-32-5-2)17-14-26-29(20(17)28-22)10-8-25-21(30)16-13-15(23)6-7-18(16)31-3/h6-7,13-14H,4-5,8-12H2,1-3H3,(H,25,30)(H,24,27,28). The van der Waals surface area contributed by atoms with Crippen molar-refractivity contribution in [3.8, 4) is 5.75 Å². The van der Waals surface area contributed by atoms with Gasteiger partial charge in [0.05, 0.1) is 37.4 Å². The number of amides is 1. The van der Waals surface area contributed by atoms with Gasteiger partial charge in [-0.1, -0.05) is 30.3 Å². The van der Waals surface area contributed by atoms with Crippen molar-refractivity contribution in [1.82, 2.24) is 25.1 Å². The number of methoxy groups -OCH3 is 1. The van der Waals surface area contributed by atoms with E-state index in [0.717, 1.165) is 29.0 Å². The first kappa shape index (κ1) is 25.1. The lowest BCUT2D eigenvalue weighted by atomic mass is 10.2. The molecule has 178 valence electrons. The van der Waals surface area contributed by atoms with Crippen LogP contribution in [-0.2, 0) is 11.3 Å². The van der Waals surface area contributed by atoms with Crippen molar-refractivity contribution in [3.05, 3.63) is 35.0 Å². The molecule has 2 heterocycles. The molecule has 0 fully saturated rings. The Labute approximate surface area is 202 Å². The number of anilines is 1. The van der Waals surface area contributed by atoms with Crippen LogP contribution in [0.2, 0.25) is 5.02 Å². The molecular weight excluding hydrogens is 464 g/mol. The van der Waals surface area contributed by atoms with Crippen LogP contribution in [0, 0.1) is 0 Å². The number of benzene rings is 1. The van der Waals surface area contributed by atoms with Crippen LogP contribution in [0.15, 0.2) is 29.6 Å². The van der Waals surface area contributed by atoms with E-state index in [-0.39, 0.29) is 5.91 Å². The zero-order chi connectivity index (χ0) is 23.6. The molecule has 2 aromatic heterocycles. The van der Waals surface area contributed by atoms with Gasteiger partial charge in [-0.3, -0.25) is 4.79 Å². The fourth-order valence-corrected chi connectivity index (χ4v) is 3.97. The number of fused-ring (bicyclic) bond motifs is 1. The molecule has 1 aromatic carbocycles. The lowest BCUT2D eigenvalue weighted by Gasteiger charge is -2.11. The number of carbonyl (C=O) groups excluding carboxylic acids is 1. The van der Waals surface area contributed by atoms with Crippen LogP contribution in [0.5, 0.6) is 5.75 Å². The smallest absolute Gasteiger partial charge is 0.255 e. The summed E-state index contributed by atoms with van der Waals surface area (Å²) in [6.45, 7) is 6.80. The average Bonchev–Trinajstić information content (AvgIpc) is 3.23. The Hall–Kier alpha value is -2.56. The first-order chi connectivity index (χ1) is 16.1. The predicted molar refractivity (Wildman–Crippen MR) is 132 cm³/mol. The van der Waals surface area contributed by atoms with Gasteiger partial charge in [-0.05, 0) is 31.5 Å². The summed E-state index contributed by atoms with van der Waals surface area (Å²) in [5.41, 5.74) is 1.11. The molecule has 0 unspecified atom stereocenters. The third-order valence-corrected chi connectivity index (χ3v) is 5.96. The van der Waals surface area contributed by atoms with E-state index < -0.39 is 0 Å². The quantitative estimate of drug-likeness (QED) is 0.210. The van der Waals surface area contributed by atoms with Gasteiger partial charge in [-0.2, -0.15) is 5.10 Å². The van der Waals surface area contributed by atoms with Gasteiger partial charge < -0.3 is 20.1 Å². The van der Waals surface area contributed by atoms with Crippen molar-refractivity contribution in [2.75, 3.05) is 44.5 Å². The molecule has 0 aliphatic heterocycles. The van der Waals surface area contributed by atoms with Gasteiger partial charge in [0.15, 0.2) is 10.8 Å². The van der Waals surface area contributed by atoms with Crippen molar-refractivity contribution in [2.24, 2.45) is 0 Å². The van der Waals surface area contributed by atoms with Crippen LogP contribution in [-0.4, -0.2) is 64.8 Å². The molecule has 33 heavy (non-hydrogen) atoms. The van der Waals surface area contributed by atoms with E-state index in [1.165, 1.54) is 7.11 Å². The minimum Gasteiger partial charge on any atom is -0.496 e. The molecule has 0 aliphatic rings. The molecule has 0 bridgehead atoms. The molecule has 0 aliphatic carbocycles. The van der Waals surface area contributed by atoms with Crippen molar-refractivity contribution >= 4 is 46.1 Å². The number of rotatable bonds is 13. The second-order valence-electron chi connectivity index (χ2n) is 7.03. The summed E-state index contributed by atoms with van der Waals surface area (Å²) in [5, 5.41) is 12.7. The van der Waals surface area contributed by atoms with E-state index in [0.29, 0.717) is 54.3 Å². The van der Waals surface area contributed by atoms with Gasteiger partial charge >= 0.3 is 0 Å². The number of halogens is 1. The normalized spacial score (nSPS) is 11.0. The lowest BCUT2D eigenvalue weighted by molar-refractivity contribution is 0.0949. The van der Waals surface area contributed by atoms with Gasteiger partial charge in [0.25, 0.3) is 5.91 Å². The Balaban J connectivity index is 1.73. The van der Waals surface area contributed by atoms with Crippen molar-refractivity contribution < 1.29 is 14.3 Å². The van der Waals surface area contributed by atoms with Crippen LogP contribution < -0.4 is 15.4 Å². The summed E-state index contributed by atoms with van der Waals surface area (Å²) in [6.07, 6.45) is 2.77. The molecule has 3 aromatic rings. The van der Waals surface area contributed by atoms with Crippen LogP contribution in [0.25, 0.3) is 11.0 Å². The highest BCUT2D eigenvalue weighted by Crippen LogP contribution is 2.25. The molecule has 1 amide bonds. The maximum Gasteiger partial charge on any atom is 0.255 e. The topological polar surface area (TPSA) is 103 Å². The molecule has 0 saturated heterocycles. The number of hydrogen-bond acceptors (Lipinski definition) is 8. The second kappa shape index (κ2) is 12.6. The van der Waals surface area contributed by atoms with Crippen molar-refractivity contribution in [3.63, 3.8) is 0 Å². The van der Waals surface area contributed by atoms with Gasteiger partial charge in [0.1, 0.15) is 11.6 Å². The number of nitrogens with zero attached hydrogens (tertiary/aromatic N) is 4. The zero-order valence-corrected chi connectivity index (χ0v) is 20.6. The maximum atomic E-state index is 12.6. The second-order valence-corrected chi connectivity index (χ2v) is 8.53. The summed E-state index contributed by atoms with van der Waals surface area (Å²) in [7, 11) is 1.52. The minimum atomic E-state index is -0.266. The fraction of sp³-hybridized carbons (Fsp3) is 0.455. The van der Waals surface area contributed by atoms with E-state index in [9.17, 15) is 4.79 Å². The van der Waals surface area contributed by atoms with Crippen LogP contribution >= 0.6 is 23.4 Å². The van der Waals surface area contributed by atoms with Gasteiger partial charge in [-0.25, -0.2) is 14.6 Å². The molecule has 0 atom stereocenters. The van der Waals surface area contributed by atoms with E-state index in [1.807, 2.05) is 6.92 Å². The Morgan fingerprint density at radius 2 is 2.09 bits per heavy atom. The molecule has 11 heteroatoms. The van der Waals surface area contributed by atoms with Crippen LogP contribution in [0.4, 0.5) is 5.82 Å². The first-order valence-corrected chi connectivity index (χ1v) is 12.2. The molecule has 0 radical (unpaired) electrons. The Morgan fingerprint density at radius 3 is 2.85 bits per heavy atom. The predicted octanol–water partition coefficient (Wildman–Crippen LogP) is 3.87. The number of ether oxygens (including phenoxy) is 2. The van der Waals surface area contributed by atoms with Crippen molar-refractivity contribution in [1.29, 1.82) is 0 Å². The number of carbonyl (C=O) groups is 1. The number of hydrogen-bond donors (Lipinski definition) is 2. The highest BCUT2D eigenvalue weighted by molar-refractivity contribution is 7.99. The van der Waals surface area contributed by atoms with E-state index in [1.54, 1.807) is 40.8 Å². The SMILES string of the molecule is CCCSc1nc(NCCOCC)c2cnn(CCNC(=O)c3cc(Cl)ccc3OC)c2n1. The van der Waals surface area contributed by atoms with E-state index in [4.69, 9.17) is 26.1 Å². The number of nitrogens with one attached hydrogen (secondary N) is 2. The highest BCUT2D eigenvalue weighted by atomic mass is 35.5. The Bertz CT molecular complexity index is 1080. The molecular formula is C22H29ClN6O3S. The summed E-state index contributed by atoms with van der Waals surface area (Å²) in [4.78, 5) is 22.0. The average molecular weight is 493 g/mol. The van der Waals surface area contributed by atoms with Crippen molar-refractivity contribution in [2.45, 2.75) is 32.0 Å². The number of aromatic nitrogens is 4. The maximum absolute atomic E-state index is 12.6. The summed E-state index contributed by atoms with van der Waals surface area (Å²) >= 11 is 7.64. The summed E-state index contributed by atoms with van der Waals surface area (Å²) < 4.78 is 12.5. The minimum absolute atomic E-state index is 0.266. The van der Waals surface area contributed by atoms with E-state index in [2.05, 4.69) is 27.6 Å². The summed E-state index contributed by atoms with van der Waals surface area (Å²) in [5.74, 6) is 1.86. The van der Waals surface area contributed by atoms with Gasteiger partial charge in [-0.15, -0.1) is 0 Å². The van der Waals surface area contributed by atoms with E-state index >= 15 is 0 Å². The van der Waals surface area contributed by atoms with Crippen LogP contribution in [0.3, 0.4) is 0 Å². The molecule has 0 spiro atoms. The highest BCUT2D eigenvalue weighted by Gasteiger charge is 2.15. The largest absolute Gasteiger partial charge is 0.496 e. The van der Waals surface area contributed by atoms with Gasteiger partial charge in [0.2, 0.25) is 0 Å². The van der Waals surface area contributed by atoms with Gasteiger partial charge in [0, 0.05) is 30.5 Å². The molecule has 9 nitrogen and oxygen atoms in total. The third-order valence-electron chi connectivity index (χ3n) is 4.67. The first-order valence-electron chi connectivity index (χ1n) is 10.9. The summed E-state index contributed by atoms with van der Waals surface area (Å²) in [6, 6.07) is 4.94. The molecule has 2 N–H and O–H groups in total. The monoisotopic (exact) mass is 492 g/mol. The number of thioether (sulfide) groups is 1. The Morgan fingerprint density at radius 1 is 1.24 bits per heavy atom. The Kier molecular flexibility index (Phi) is 9.59. The fourth-order valence-electron chi connectivity index (χ4n) is 3.11. The van der Waals surface area contributed by atoms with Crippen LogP contribution in [0.1, 0.15) is 30.6 Å². The lowest BCUT2D eigenvalue weighted by Crippen LogP contribution is -2.28. The molecule has 0 saturated carbocycles. The zero-order valence-electron chi connectivity index (χ0n) is 19.1. The third kappa shape index (κ3) is 6.72.